The van der Waals surface area contributed by atoms with Crippen molar-refractivity contribution in [2.45, 2.75) is 52.6 Å². The van der Waals surface area contributed by atoms with Gasteiger partial charge in [0.1, 0.15) is 0 Å². The summed E-state index contributed by atoms with van der Waals surface area (Å²) in [6.45, 7) is 9.58. The van der Waals surface area contributed by atoms with Gasteiger partial charge in [-0.05, 0) is 13.8 Å². The van der Waals surface area contributed by atoms with E-state index >= 15 is 0 Å². The number of nitrogens with zero attached hydrogens (tertiary/aromatic N) is 3. The van der Waals surface area contributed by atoms with Gasteiger partial charge in [-0.25, -0.2) is 4.98 Å². The molecule has 0 aliphatic heterocycles. The molecule has 1 atom stereocenters. The fraction of sp³-hybridized carbons (Fsp3) is 0.571. The highest BCUT2D eigenvalue weighted by atomic mass is 32.1. The molecule has 114 valence electrons. The fourth-order valence-electron chi connectivity index (χ4n) is 1.63. The van der Waals surface area contributed by atoms with Crippen LogP contribution in [-0.4, -0.2) is 21.1 Å². The van der Waals surface area contributed by atoms with Crippen LogP contribution in [0.1, 0.15) is 56.2 Å². The number of esters is 1. The Morgan fingerprint density at radius 1 is 1.43 bits per heavy atom. The zero-order chi connectivity index (χ0) is 15.6. The largest absolute Gasteiger partial charge is 0.452 e. The SMILES string of the molecule is Cc1nc(CC(=O)OC(C)c2nc(C(C)(C)C)no2)cs1. The molecular weight excluding hydrogens is 290 g/mol. The van der Waals surface area contributed by atoms with Gasteiger partial charge in [0, 0.05) is 10.8 Å². The van der Waals surface area contributed by atoms with Gasteiger partial charge in [0.25, 0.3) is 5.89 Å². The third-order valence-corrected chi connectivity index (χ3v) is 3.58. The molecule has 2 rings (SSSR count). The Morgan fingerprint density at radius 3 is 2.67 bits per heavy atom. The minimum absolute atomic E-state index is 0.148. The second-order valence-electron chi connectivity index (χ2n) is 5.87. The molecule has 0 amide bonds. The van der Waals surface area contributed by atoms with Gasteiger partial charge in [0.05, 0.1) is 17.1 Å². The first-order chi connectivity index (χ1) is 9.75. The van der Waals surface area contributed by atoms with E-state index in [0.29, 0.717) is 11.7 Å². The van der Waals surface area contributed by atoms with Crippen LogP contribution in [0.25, 0.3) is 0 Å². The first-order valence-electron chi connectivity index (χ1n) is 6.70. The van der Waals surface area contributed by atoms with E-state index in [1.165, 1.54) is 11.3 Å². The molecule has 2 aromatic heterocycles. The Bertz CT molecular complexity index is 627. The first-order valence-corrected chi connectivity index (χ1v) is 7.58. The van der Waals surface area contributed by atoms with Crippen molar-refractivity contribution >= 4 is 17.3 Å². The molecule has 0 N–H and O–H groups in total. The van der Waals surface area contributed by atoms with E-state index in [4.69, 9.17) is 9.26 Å². The monoisotopic (exact) mass is 309 g/mol. The maximum absolute atomic E-state index is 11.9. The lowest BCUT2D eigenvalue weighted by Gasteiger charge is -2.11. The molecule has 7 heteroatoms. The second-order valence-corrected chi connectivity index (χ2v) is 6.94. The molecule has 0 aliphatic rings. The van der Waals surface area contributed by atoms with Crippen LogP contribution in [0.2, 0.25) is 0 Å². The van der Waals surface area contributed by atoms with Gasteiger partial charge in [0.2, 0.25) is 0 Å². The average Bonchev–Trinajstić information content (AvgIpc) is 2.97. The van der Waals surface area contributed by atoms with Crippen LogP contribution < -0.4 is 0 Å². The number of hydrogen-bond acceptors (Lipinski definition) is 7. The number of carbonyl (C=O) groups excluding carboxylic acids is 1. The topological polar surface area (TPSA) is 78.1 Å². The number of ether oxygens (including phenoxy) is 1. The van der Waals surface area contributed by atoms with E-state index in [1.807, 2.05) is 33.1 Å². The maximum Gasteiger partial charge on any atom is 0.312 e. The van der Waals surface area contributed by atoms with Crippen LogP contribution in [0.15, 0.2) is 9.90 Å². The average molecular weight is 309 g/mol. The van der Waals surface area contributed by atoms with E-state index in [0.717, 1.165) is 10.7 Å². The van der Waals surface area contributed by atoms with Crippen LogP contribution in [0.4, 0.5) is 0 Å². The van der Waals surface area contributed by atoms with Crippen LogP contribution in [0.5, 0.6) is 0 Å². The third kappa shape index (κ3) is 4.10. The predicted octanol–water partition coefficient (Wildman–Crippen LogP) is 2.98. The lowest BCUT2D eigenvalue weighted by Crippen LogP contribution is -2.14. The van der Waals surface area contributed by atoms with E-state index < -0.39 is 6.10 Å². The van der Waals surface area contributed by atoms with Crippen molar-refractivity contribution in [1.82, 2.24) is 15.1 Å². The van der Waals surface area contributed by atoms with Gasteiger partial charge in [-0.15, -0.1) is 11.3 Å². The normalized spacial score (nSPS) is 13.2. The number of hydrogen-bond donors (Lipinski definition) is 0. The zero-order valence-corrected chi connectivity index (χ0v) is 13.7. The van der Waals surface area contributed by atoms with Crippen LogP contribution >= 0.6 is 11.3 Å². The fourth-order valence-corrected chi connectivity index (χ4v) is 2.24. The number of aryl methyl sites for hydroxylation is 1. The Hall–Kier alpha value is -1.76. The minimum Gasteiger partial charge on any atom is -0.452 e. The third-order valence-electron chi connectivity index (χ3n) is 2.76. The number of rotatable bonds is 4. The van der Waals surface area contributed by atoms with Crippen molar-refractivity contribution in [3.8, 4) is 0 Å². The van der Waals surface area contributed by atoms with Crippen molar-refractivity contribution in [2.75, 3.05) is 0 Å². The van der Waals surface area contributed by atoms with Crippen molar-refractivity contribution in [2.24, 2.45) is 0 Å². The lowest BCUT2D eigenvalue weighted by molar-refractivity contribution is -0.149. The van der Waals surface area contributed by atoms with Crippen molar-refractivity contribution in [1.29, 1.82) is 0 Å². The maximum atomic E-state index is 11.9. The number of aromatic nitrogens is 3. The second kappa shape index (κ2) is 5.93. The molecule has 0 aliphatic carbocycles. The summed E-state index contributed by atoms with van der Waals surface area (Å²) < 4.78 is 10.5. The lowest BCUT2D eigenvalue weighted by atomic mass is 9.96. The van der Waals surface area contributed by atoms with Gasteiger partial charge in [-0.1, -0.05) is 25.9 Å². The Morgan fingerprint density at radius 2 is 2.14 bits per heavy atom. The predicted molar refractivity (Wildman–Crippen MR) is 78.1 cm³/mol. The molecule has 0 fully saturated rings. The van der Waals surface area contributed by atoms with Gasteiger partial charge in [0.15, 0.2) is 11.9 Å². The van der Waals surface area contributed by atoms with Gasteiger partial charge in [-0.3, -0.25) is 4.79 Å². The standard InChI is InChI=1S/C14H19N3O3S/c1-8(12-16-13(17-20-12)14(3,4)5)19-11(18)6-10-7-21-9(2)15-10/h7-8H,6H2,1-5H3. The molecule has 0 saturated heterocycles. The Labute approximate surface area is 127 Å². The molecule has 0 aromatic carbocycles. The van der Waals surface area contributed by atoms with Crippen molar-refractivity contribution < 1.29 is 14.1 Å². The molecule has 1 unspecified atom stereocenters. The van der Waals surface area contributed by atoms with Gasteiger partial charge < -0.3 is 9.26 Å². The smallest absolute Gasteiger partial charge is 0.312 e. The van der Waals surface area contributed by atoms with E-state index in [9.17, 15) is 4.79 Å². The van der Waals surface area contributed by atoms with Gasteiger partial charge >= 0.3 is 5.97 Å². The summed E-state index contributed by atoms with van der Waals surface area (Å²) in [5.74, 6) is 0.543. The summed E-state index contributed by atoms with van der Waals surface area (Å²) in [5.41, 5.74) is 0.513. The number of carbonyl (C=O) groups is 1. The van der Waals surface area contributed by atoms with Crippen LogP contribution in [-0.2, 0) is 21.4 Å². The molecule has 0 bridgehead atoms. The summed E-state index contributed by atoms with van der Waals surface area (Å²) in [6, 6.07) is 0. The molecule has 2 heterocycles. The van der Waals surface area contributed by atoms with Crippen LogP contribution in [0, 0.1) is 6.92 Å². The zero-order valence-electron chi connectivity index (χ0n) is 12.8. The molecule has 21 heavy (non-hydrogen) atoms. The molecule has 6 nitrogen and oxygen atoms in total. The Balaban J connectivity index is 1.96. The molecule has 0 saturated carbocycles. The van der Waals surface area contributed by atoms with E-state index in [-0.39, 0.29) is 17.8 Å². The number of thiazole rings is 1. The van der Waals surface area contributed by atoms with Gasteiger partial charge in [-0.2, -0.15) is 4.98 Å². The summed E-state index contributed by atoms with van der Waals surface area (Å²) >= 11 is 1.51. The first kappa shape index (κ1) is 15.6. The molecule has 2 aromatic rings. The summed E-state index contributed by atoms with van der Waals surface area (Å²) in [6.07, 6.45) is -0.421. The minimum atomic E-state index is -0.569. The van der Waals surface area contributed by atoms with Crippen molar-refractivity contribution in [3.05, 3.63) is 27.8 Å². The molecular formula is C14H19N3O3S. The van der Waals surface area contributed by atoms with E-state index in [1.54, 1.807) is 6.92 Å². The molecule has 0 spiro atoms. The van der Waals surface area contributed by atoms with E-state index in [2.05, 4.69) is 15.1 Å². The van der Waals surface area contributed by atoms with Crippen molar-refractivity contribution in [3.63, 3.8) is 0 Å². The summed E-state index contributed by atoms with van der Waals surface area (Å²) in [7, 11) is 0. The summed E-state index contributed by atoms with van der Waals surface area (Å²) in [4.78, 5) is 20.4. The Kier molecular flexibility index (Phi) is 4.41. The van der Waals surface area contributed by atoms with Crippen LogP contribution in [0.3, 0.4) is 0 Å². The summed E-state index contributed by atoms with van der Waals surface area (Å²) in [5, 5.41) is 6.70. The molecule has 0 radical (unpaired) electrons. The highest BCUT2D eigenvalue weighted by Crippen LogP contribution is 2.22. The highest BCUT2D eigenvalue weighted by molar-refractivity contribution is 7.09. The highest BCUT2D eigenvalue weighted by Gasteiger charge is 2.24. The quantitative estimate of drug-likeness (QED) is 0.808.